The van der Waals surface area contributed by atoms with Gasteiger partial charge in [-0.3, -0.25) is 4.57 Å². The maximum absolute atomic E-state index is 13.6. The van der Waals surface area contributed by atoms with Gasteiger partial charge in [-0.25, -0.2) is 14.2 Å². The van der Waals surface area contributed by atoms with E-state index in [0.717, 1.165) is 5.69 Å². The molecule has 1 aromatic heterocycles. The Morgan fingerprint density at radius 1 is 1.27 bits per heavy atom. The number of para-hydroxylation sites is 1. The summed E-state index contributed by atoms with van der Waals surface area (Å²) in [5, 5.41) is 11.3. The zero-order chi connectivity index (χ0) is 15.7. The van der Waals surface area contributed by atoms with E-state index in [1.54, 1.807) is 17.6 Å². The van der Waals surface area contributed by atoms with E-state index >= 15 is 0 Å². The number of carbonyl (C=O) groups is 1. The topological polar surface area (TPSA) is 67.2 Å². The third kappa shape index (κ3) is 2.50. The number of aromatic nitrogens is 2. The minimum Gasteiger partial charge on any atom is -0.465 e. The molecule has 5 nitrogen and oxygen atoms in total. The maximum Gasteiger partial charge on any atom is 0.405 e. The van der Waals surface area contributed by atoms with Crippen LogP contribution in [0.5, 0.6) is 0 Å². The molecular weight excluding hydrogens is 285 g/mol. The summed E-state index contributed by atoms with van der Waals surface area (Å²) in [4.78, 5) is 15.3. The first-order valence-electron chi connectivity index (χ1n) is 6.79. The molecule has 22 heavy (non-hydrogen) atoms. The summed E-state index contributed by atoms with van der Waals surface area (Å²) < 4.78 is 15.4. The predicted molar refractivity (Wildman–Crippen MR) is 80.6 cm³/mol. The Kier molecular flexibility index (Phi) is 3.50. The van der Waals surface area contributed by atoms with Crippen molar-refractivity contribution >= 4 is 17.1 Å². The molecule has 0 spiro atoms. The van der Waals surface area contributed by atoms with Crippen molar-refractivity contribution in [3.8, 4) is 5.69 Å². The van der Waals surface area contributed by atoms with Crippen molar-refractivity contribution in [2.45, 2.75) is 13.0 Å². The van der Waals surface area contributed by atoms with E-state index < -0.39 is 12.1 Å². The van der Waals surface area contributed by atoms with Crippen LogP contribution in [0.1, 0.15) is 18.8 Å². The number of imidazole rings is 1. The molecule has 0 saturated heterocycles. The Labute approximate surface area is 126 Å². The summed E-state index contributed by atoms with van der Waals surface area (Å²) in [6, 6.07) is 13.1. The summed E-state index contributed by atoms with van der Waals surface area (Å²) >= 11 is 0. The van der Waals surface area contributed by atoms with Crippen molar-refractivity contribution in [2.24, 2.45) is 0 Å². The van der Waals surface area contributed by atoms with Crippen LogP contribution < -0.4 is 5.32 Å². The van der Waals surface area contributed by atoms with Crippen LogP contribution in [-0.4, -0.2) is 20.8 Å². The first-order chi connectivity index (χ1) is 10.6. The van der Waals surface area contributed by atoms with Crippen LogP contribution in [0.4, 0.5) is 9.18 Å². The lowest BCUT2D eigenvalue weighted by atomic mass is 10.2. The van der Waals surface area contributed by atoms with Gasteiger partial charge in [-0.15, -0.1) is 0 Å². The van der Waals surface area contributed by atoms with Crippen LogP contribution in [0.3, 0.4) is 0 Å². The Morgan fingerprint density at radius 3 is 2.68 bits per heavy atom. The van der Waals surface area contributed by atoms with Gasteiger partial charge in [0.25, 0.3) is 0 Å². The van der Waals surface area contributed by atoms with Crippen LogP contribution in [0, 0.1) is 5.82 Å². The fourth-order valence-electron chi connectivity index (χ4n) is 2.46. The van der Waals surface area contributed by atoms with Crippen LogP contribution in [0.15, 0.2) is 48.5 Å². The molecule has 2 aromatic carbocycles. The highest BCUT2D eigenvalue weighted by Gasteiger charge is 2.19. The molecule has 0 aliphatic rings. The standard InChI is InChI=1S/C16H14FN3O2/c1-10(18-16(21)22)15-19-13-8-7-11(17)9-14(13)20(15)12-5-3-2-4-6-12/h2-10,18H,1H3,(H,21,22). The monoisotopic (exact) mass is 299 g/mol. The second-order valence-corrected chi connectivity index (χ2v) is 4.95. The molecule has 2 N–H and O–H groups in total. The minimum atomic E-state index is -1.13. The molecule has 1 atom stereocenters. The number of carboxylic acid groups (broad SMARTS) is 1. The van der Waals surface area contributed by atoms with Gasteiger partial charge in [-0.05, 0) is 31.2 Å². The molecule has 0 bridgehead atoms. The summed E-state index contributed by atoms with van der Waals surface area (Å²) in [6.45, 7) is 1.70. The third-order valence-corrected chi connectivity index (χ3v) is 3.38. The van der Waals surface area contributed by atoms with Gasteiger partial charge in [-0.2, -0.15) is 0 Å². The maximum atomic E-state index is 13.6. The van der Waals surface area contributed by atoms with Crippen molar-refractivity contribution in [3.05, 3.63) is 60.2 Å². The number of halogens is 1. The number of nitrogens with zero attached hydrogens (tertiary/aromatic N) is 2. The van der Waals surface area contributed by atoms with Gasteiger partial charge in [0, 0.05) is 11.8 Å². The van der Waals surface area contributed by atoms with E-state index in [1.165, 1.54) is 12.1 Å². The second kappa shape index (κ2) is 5.48. The number of fused-ring (bicyclic) bond motifs is 1. The molecule has 112 valence electrons. The lowest BCUT2D eigenvalue weighted by Gasteiger charge is -2.14. The van der Waals surface area contributed by atoms with E-state index in [4.69, 9.17) is 5.11 Å². The number of rotatable bonds is 3. The van der Waals surface area contributed by atoms with Crippen LogP contribution in [0.25, 0.3) is 16.7 Å². The lowest BCUT2D eigenvalue weighted by Crippen LogP contribution is -2.26. The molecule has 3 rings (SSSR count). The fraction of sp³-hybridized carbons (Fsp3) is 0.125. The van der Waals surface area contributed by atoms with Crippen molar-refractivity contribution in [1.29, 1.82) is 0 Å². The van der Waals surface area contributed by atoms with Gasteiger partial charge in [0.1, 0.15) is 11.6 Å². The quantitative estimate of drug-likeness (QED) is 0.778. The van der Waals surface area contributed by atoms with Crippen molar-refractivity contribution in [1.82, 2.24) is 14.9 Å². The first-order valence-corrected chi connectivity index (χ1v) is 6.79. The zero-order valence-electron chi connectivity index (χ0n) is 11.8. The zero-order valence-corrected chi connectivity index (χ0v) is 11.8. The smallest absolute Gasteiger partial charge is 0.405 e. The average molecular weight is 299 g/mol. The molecular formula is C16H14FN3O2. The minimum absolute atomic E-state index is 0.366. The summed E-state index contributed by atoms with van der Waals surface area (Å²) in [5.41, 5.74) is 2.00. The van der Waals surface area contributed by atoms with E-state index in [1.807, 2.05) is 30.3 Å². The highest BCUT2D eigenvalue weighted by Crippen LogP contribution is 2.25. The first kappa shape index (κ1) is 14.1. The molecule has 0 aliphatic carbocycles. The summed E-state index contributed by atoms with van der Waals surface area (Å²) in [7, 11) is 0. The lowest BCUT2D eigenvalue weighted by molar-refractivity contribution is 0.190. The van der Waals surface area contributed by atoms with E-state index in [-0.39, 0.29) is 5.82 Å². The molecule has 1 amide bonds. The van der Waals surface area contributed by atoms with Crippen LogP contribution >= 0.6 is 0 Å². The van der Waals surface area contributed by atoms with Gasteiger partial charge in [-0.1, -0.05) is 18.2 Å². The Hall–Kier alpha value is -2.89. The SMILES string of the molecule is CC(NC(=O)O)c1nc2ccc(F)cc2n1-c1ccccc1. The molecule has 0 saturated carbocycles. The molecule has 0 radical (unpaired) electrons. The Morgan fingerprint density at radius 2 is 2.00 bits per heavy atom. The van der Waals surface area contributed by atoms with Crippen molar-refractivity contribution in [3.63, 3.8) is 0 Å². The molecule has 6 heteroatoms. The molecule has 3 aromatic rings. The largest absolute Gasteiger partial charge is 0.465 e. The normalized spacial score (nSPS) is 12.3. The van der Waals surface area contributed by atoms with Gasteiger partial charge < -0.3 is 10.4 Å². The number of amides is 1. The fourth-order valence-corrected chi connectivity index (χ4v) is 2.46. The highest BCUT2D eigenvalue weighted by atomic mass is 19.1. The predicted octanol–water partition coefficient (Wildman–Crippen LogP) is 3.49. The third-order valence-electron chi connectivity index (χ3n) is 3.38. The molecule has 0 fully saturated rings. The van der Waals surface area contributed by atoms with Crippen LogP contribution in [0.2, 0.25) is 0 Å². The van der Waals surface area contributed by atoms with Crippen LogP contribution in [-0.2, 0) is 0 Å². The number of benzene rings is 2. The van der Waals surface area contributed by atoms with E-state index in [9.17, 15) is 9.18 Å². The van der Waals surface area contributed by atoms with E-state index in [0.29, 0.717) is 16.9 Å². The molecule has 1 heterocycles. The Bertz CT molecular complexity index is 830. The van der Waals surface area contributed by atoms with Crippen molar-refractivity contribution < 1.29 is 14.3 Å². The van der Waals surface area contributed by atoms with E-state index in [2.05, 4.69) is 10.3 Å². The molecule has 1 unspecified atom stereocenters. The average Bonchev–Trinajstić information content (AvgIpc) is 2.86. The number of nitrogens with one attached hydrogen (secondary N) is 1. The van der Waals surface area contributed by atoms with Crippen molar-refractivity contribution in [2.75, 3.05) is 0 Å². The number of hydrogen-bond donors (Lipinski definition) is 2. The second-order valence-electron chi connectivity index (χ2n) is 4.95. The summed E-state index contributed by atoms with van der Waals surface area (Å²) in [6.07, 6.45) is -1.13. The molecule has 0 aliphatic heterocycles. The van der Waals surface area contributed by atoms with Gasteiger partial charge in [0.2, 0.25) is 0 Å². The highest BCUT2D eigenvalue weighted by molar-refractivity contribution is 5.78. The van der Waals surface area contributed by atoms with Gasteiger partial charge in [0.05, 0.1) is 17.1 Å². The van der Waals surface area contributed by atoms with Gasteiger partial charge >= 0.3 is 6.09 Å². The Balaban J connectivity index is 2.25. The summed E-state index contributed by atoms with van der Waals surface area (Å²) in [5.74, 6) is 0.143. The number of hydrogen-bond acceptors (Lipinski definition) is 2. The van der Waals surface area contributed by atoms with Gasteiger partial charge in [0.15, 0.2) is 0 Å².